The maximum absolute atomic E-state index is 9.19. The second-order valence-electron chi connectivity index (χ2n) is 5.38. The Bertz CT molecular complexity index is 415. The Morgan fingerprint density at radius 2 is 1.28 bits per heavy atom. The average Bonchev–Trinajstić information content (AvgIpc) is 2.63. The molecule has 0 aromatic heterocycles. The van der Waals surface area contributed by atoms with Gasteiger partial charge in [0.1, 0.15) is 18.6 Å². The molecule has 0 saturated heterocycles. The Morgan fingerprint density at radius 1 is 0.800 bits per heavy atom. The molecule has 0 saturated carbocycles. The highest BCUT2D eigenvalue weighted by Crippen LogP contribution is 2.10. The van der Waals surface area contributed by atoms with Crippen molar-refractivity contribution in [2.24, 2.45) is 0 Å². The van der Waals surface area contributed by atoms with Gasteiger partial charge in [0.05, 0.1) is 52.9 Å². The van der Waals surface area contributed by atoms with Gasteiger partial charge in [0.15, 0.2) is 0 Å². The van der Waals surface area contributed by atoms with Gasteiger partial charge in [-0.1, -0.05) is 17.7 Å². The van der Waals surface area contributed by atoms with Crippen LogP contribution < -0.4 is 10.1 Å². The molecule has 0 fully saturated rings. The largest absolute Gasteiger partial charge is 0.491 e. The minimum absolute atomic E-state index is 0.251. The molecular weight excluding hydrogens is 326 g/mol. The number of hydrogen-bond donors (Lipinski definition) is 2. The zero-order valence-corrected chi connectivity index (χ0v) is 15.2. The quantitative estimate of drug-likeness (QED) is 0.337. The topological polar surface area (TPSA) is 78.4 Å². The van der Waals surface area contributed by atoms with E-state index in [0.717, 1.165) is 5.75 Å². The number of nitrogens with one attached hydrogen (secondary N) is 1. The van der Waals surface area contributed by atoms with Crippen LogP contribution in [-0.2, 0) is 18.9 Å². The predicted octanol–water partition coefficient (Wildman–Crippen LogP) is 0.978. The van der Waals surface area contributed by atoms with Gasteiger partial charge in [-0.3, -0.25) is 5.32 Å². The number of rotatable bonds is 16. The minimum Gasteiger partial charge on any atom is -0.491 e. The Hall–Kier alpha value is -1.22. The van der Waals surface area contributed by atoms with Crippen molar-refractivity contribution in [1.29, 1.82) is 0 Å². The first kappa shape index (κ1) is 21.8. The summed E-state index contributed by atoms with van der Waals surface area (Å²) >= 11 is 0. The predicted molar refractivity (Wildman–Crippen MR) is 95.0 cm³/mol. The van der Waals surface area contributed by atoms with Crippen LogP contribution in [0, 0.1) is 6.92 Å². The van der Waals surface area contributed by atoms with Crippen molar-refractivity contribution in [2.75, 3.05) is 66.5 Å². The van der Waals surface area contributed by atoms with Gasteiger partial charge in [0.25, 0.3) is 0 Å². The number of hydrogen-bond acceptors (Lipinski definition) is 7. The molecule has 1 atom stereocenters. The van der Waals surface area contributed by atoms with Crippen LogP contribution in [0.5, 0.6) is 5.75 Å². The summed E-state index contributed by atoms with van der Waals surface area (Å²) in [6.07, 6.45) is -0.634. The molecule has 0 bridgehead atoms. The third kappa shape index (κ3) is 12.7. The smallest absolute Gasteiger partial charge is 0.128 e. The molecule has 1 unspecified atom stereocenters. The molecule has 1 aromatic rings. The molecule has 2 N–H and O–H groups in total. The van der Waals surface area contributed by atoms with Gasteiger partial charge in [-0.15, -0.1) is 0 Å². The SMILES string of the molecule is CNC(O)COCCOCCOCCOCCOc1ccc(C)cc1. The fraction of sp³-hybridized carbons (Fsp3) is 0.667. The monoisotopic (exact) mass is 357 g/mol. The zero-order valence-electron chi connectivity index (χ0n) is 15.2. The molecule has 0 aliphatic heterocycles. The lowest BCUT2D eigenvalue weighted by Crippen LogP contribution is -2.30. The average molecular weight is 357 g/mol. The lowest BCUT2D eigenvalue weighted by atomic mass is 10.2. The van der Waals surface area contributed by atoms with Gasteiger partial charge in [0, 0.05) is 0 Å². The van der Waals surface area contributed by atoms with E-state index in [9.17, 15) is 5.11 Å². The first-order valence-corrected chi connectivity index (χ1v) is 8.58. The van der Waals surface area contributed by atoms with E-state index < -0.39 is 6.23 Å². The molecule has 0 spiro atoms. The summed E-state index contributed by atoms with van der Waals surface area (Å²) in [7, 11) is 1.67. The van der Waals surface area contributed by atoms with Gasteiger partial charge < -0.3 is 28.8 Å². The second kappa shape index (κ2) is 15.1. The molecule has 0 amide bonds. The number of ether oxygens (including phenoxy) is 5. The summed E-state index contributed by atoms with van der Waals surface area (Å²) in [6, 6.07) is 7.94. The van der Waals surface area contributed by atoms with Crippen LogP contribution in [0.1, 0.15) is 5.56 Å². The fourth-order valence-electron chi connectivity index (χ4n) is 1.79. The molecule has 0 heterocycles. The maximum Gasteiger partial charge on any atom is 0.128 e. The van der Waals surface area contributed by atoms with Crippen molar-refractivity contribution < 1.29 is 28.8 Å². The van der Waals surface area contributed by atoms with Crippen molar-refractivity contribution >= 4 is 0 Å². The molecule has 0 aliphatic carbocycles. The van der Waals surface area contributed by atoms with Gasteiger partial charge in [-0.05, 0) is 26.1 Å². The van der Waals surface area contributed by atoms with Gasteiger partial charge in [-0.2, -0.15) is 0 Å². The standard InChI is InChI=1S/C18H31NO6/c1-16-3-5-17(6-4-16)25-14-13-23-10-9-21-7-8-22-11-12-24-15-18(20)19-2/h3-6,18-20H,7-15H2,1-2H3. The van der Waals surface area contributed by atoms with E-state index in [2.05, 4.69) is 5.32 Å². The molecule has 0 radical (unpaired) electrons. The first-order valence-electron chi connectivity index (χ1n) is 8.58. The first-order chi connectivity index (χ1) is 12.2. The van der Waals surface area contributed by atoms with E-state index in [-0.39, 0.29) is 6.61 Å². The molecule has 0 aliphatic rings. The highest BCUT2D eigenvalue weighted by molar-refractivity contribution is 5.26. The van der Waals surface area contributed by atoms with Crippen LogP contribution in [0.15, 0.2) is 24.3 Å². The van der Waals surface area contributed by atoms with Crippen molar-refractivity contribution in [3.63, 3.8) is 0 Å². The van der Waals surface area contributed by atoms with E-state index >= 15 is 0 Å². The van der Waals surface area contributed by atoms with Crippen LogP contribution in [-0.4, -0.2) is 77.8 Å². The van der Waals surface area contributed by atoms with Gasteiger partial charge in [0.2, 0.25) is 0 Å². The van der Waals surface area contributed by atoms with E-state index in [1.807, 2.05) is 31.2 Å². The Morgan fingerprint density at radius 3 is 1.80 bits per heavy atom. The number of aliphatic hydroxyl groups is 1. The maximum atomic E-state index is 9.19. The number of benzene rings is 1. The van der Waals surface area contributed by atoms with Crippen LogP contribution in [0.3, 0.4) is 0 Å². The number of likely N-dealkylation sites (N-methyl/N-ethyl adjacent to an activating group) is 1. The lowest BCUT2D eigenvalue weighted by Gasteiger charge is -2.10. The summed E-state index contributed by atoms with van der Waals surface area (Å²) in [6.45, 7) is 6.36. The van der Waals surface area contributed by atoms with Crippen molar-refractivity contribution in [3.8, 4) is 5.75 Å². The molecule has 7 nitrogen and oxygen atoms in total. The van der Waals surface area contributed by atoms with Gasteiger partial charge >= 0.3 is 0 Å². The Labute approximate surface area is 150 Å². The van der Waals surface area contributed by atoms with Crippen LogP contribution in [0.25, 0.3) is 0 Å². The summed E-state index contributed by atoms with van der Waals surface area (Å²) in [4.78, 5) is 0. The van der Waals surface area contributed by atoms with Crippen molar-refractivity contribution in [3.05, 3.63) is 29.8 Å². The lowest BCUT2D eigenvalue weighted by molar-refractivity contribution is -0.0220. The summed E-state index contributed by atoms with van der Waals surface area (Å²) in [5.41, 5.74) is 1.21. The van der Waals surface area contributed by atoms with E-state index in [0.29, 0.717) is 52.9 Å². The van der Waals surface area contributed by atoms with E-state index in [1.165, 1.54) is 5.56 Å². The molecule has 25 heavy (non-hydrogen) atoms. The van der Waals surface area contributed by atoms with Gasteiger partial charge in [-0.25, -0.2) is 0 Å². The molecule has 144 valence electrons. The highest BCUT2D eigenvalue weighted by atomic mass is 16.6. The number of aryl methyl sites for hydroxylation is 1. The molecule has 1 aromatic carbocycles. The van der Waals surface area contributed by atoms with Crippen LogP contribution in [0.2, 0.25) is 0 Å². The Balaban J connectivity index is 1.76. The van der Waals surface area contributed by atoms with E-state index in [4.69, 9.17) is 23.7 Å². The van der Waals surface area contributed by atoms with Crippen molar-refractivity contribution in [2.45, 2.75) is 13.2 Å². The third-order valence-corrected chi connectivity index (χ3v) is 3.24. The van der Waals surface area contributed by atoms with Crippen LogP contribution >= 0.6 is 0 Å². The van der Waals surface area contributed by atoms with E-state index in [1.54, 1.807) is 7.05 Å². The normalized spacial score (nSPS) is 12.3. The molecular formula is C18H31NO6. The summed E-state index contributed by atoms with van der Waals surface area (Å²) in [5, 5.41) is 11.9. The molecule has 7 heteroatoms. The Kier molecular flexibility index (Phi) is 13.2. The van der Waals surface area contributed by atoms with Crippen LogP contribution in [0.4, 0.5) is 0 Å². The zero-order chi connectivity index (χ0) is 18.2. The summed E-state index contributed by atoms with van der Waals surface area (Å²) < 4.78 is 26.9. The minimum atomic E-state index is -0.634. The summed E-state index contributed by atoms with van der Waals surface area (Å²) in [5.74, 6) is 0.854. The second-order valence-corrected chi connectivity index (χ2v) is 5.38. The van der Waals surface area contributed by atoms with Crippen molar-refractivity contribution in [1.82, 2.24) is 5.32 Å². The number of aliphatic hydroxyl groups excluding tert-OH is 1. The fourth-order valence-corrected chi connectivity index (χ4v) is 1.79. The third-order valence-electron chi connectivity index (χ3n) is 3.24. The highest BCUT2D eigenvalue weighted by Gasteiger charge is 1.99. The molecule has 1 rings (SSSR count).